The highest BCUT2D eigenvalue weighted by molar-refractivity contribution is 6.14. The van der Waals surface area contributed by atoms with Crippen molar-refractivity contribution in [2.24, 2.45) is 0 Å². The molecule has 320 valence electrons. The van der Waals surface area contributed by atoms with Crippen LogP contribution in [0.4, 0.5) is 0 Å². The minimum absolute atomic E-state index is 0.618. The van der Waals surface area contributed by atoms with Gasteiger partial charge in [0.05, 0.1) is 27.8 Å². The Morgan fingerprint density at radius 3 is 1.44 bits per heavy atom. The Labute approximate surface area is 394 Å². The van der Waals surface area contributed by atoms with Crippen LogP contribution in [0.25, 0.3) is 117 Å². The average molecular weight is 870 g/mol. The van der Waals surface area contributed by atoms with Gasteiger partial charge in [0, 0.05) is 55.0 Å². The van der Waals surface area contributed by atoms with Crippen molar-refractivity contribution in [3.8, 4) is 67.8 Å². The summed E-state index contributed by atoms with van der Waals surface area (Å²) in [6.45, 7) is 0. The SMILES string of the molecule is C1=CC(c2cc(-c3nc(-c4ccccc4)nc(-c4ccccc4)n3)cc(-c3ccccc3)c2-n2c3ccc(-n4c5ccccc5c5ccccc54)cc3c3ccc(-c4ccccc4)cc32)=CCC1. The van der Waals surface area contributed by atoms with Crippen molar-refractivity contribution in [1.29, 1.82) is 0 Å². The van der Waals surface area contributed by atoms with E-state index in [1.807, 2.05) is 36.4 Å². The largest absolute Gasteiger partial charge is 0.309 e. The zero-order valence-electron chi connectivity index (χ0n) is 37.2. The van der Waals surface area contributed by atoms with Crippen LogP contribution in [0.15, 0.2) is 237 Å². The van der Waals surface area contributed by atoms with E-state index in [9.17, 15) is 0 Å². The quantitative estimate of drug-likeness (QED) is 0.153. The molecular formula is C63H43N5. The molecular weight excluding hydrogens is 827 g/mol. The molecule has 3 aromatic heterocycles. The summed E-state index contributed by atoms with van der Waals surface area (Å²) in [5, 5.41) is 4.85. The lowest BCUT2D eigenvalue weighted by Crippen LogP contribution is -2.06. The second-order valence-corrected chi connectivity index (χ2v) is 17.5. The van der Waals surface area contributed by atoms with Gasteiger partial charge >= 0.3 is 0 Å². The fourth-order valence-corrected chi connectivity index (χ4v) is 10.2. The zero-order valence-corrected chi connectivity index (χ0v) is 37.2. The monoisotopic (exact) mass is 869 g/mol. The van der Waals surface area contributed by atoms with Crippen molar-refractivity contribution >= 4 is 49.2 Å². The number of hydrogen-bond acceptors (Lipinski definition) is 3. The number of aromatic nitrogens is 5. The van der Waals surface area contributed by atoms with Crippen molar-refractivity contribution in [1.82, 2.24) is 24.1 Å². The molecule has 0 saturated heterocycles. The maximum Gasteiger partial charge on any atom is 0.164 e. The first-order chi connectivity index (χ1) is 33.7. The van der Waals surface area contributed by atoms with E-state index in [-0.39, 0.29) is 0 Å². The molecule has 0 bridgehead atoms. The smallest absolute Gasteiger partial charge is 0.164 e. The summed E-state index contributed by atoms with van der Waals surface area (Å²) in [6, 6.07) is 78.0. The second-order valence-electron chi connectivity index (χ2n) is 17.5. The van der Waals surface area contributed by atoms with E-state index < -0.39 is 0 Å². The van der Waals surface area contributed by atoms with Gasteiger partial charge in [-0.05, 0) is 83.6 Å². The van der Waals surface area contributed by atoms with Gasteiger partial charge in [0.1, 0.15) is 0 Å². The molecule has 5 nitrogen and oxygen atoms in total. The molecule has 5 heteroatoms. The Bertz CT molecular complexity index is 3830. The van der Waals surface area contributed by atoms with Crippen LogP contribution in [0.5, 0.6) is 0 Å². The molecule has 13 rings (SSSR count). The lowest BCUT2D eigenvalue weighted by atomic mass is 9.90. The zero-order chi connectivity index (χ0) is 45.0. The van der Waals surface area contributed by atoms with Crippen LogP contribution in [0, 0.1) is 0 Å². The molecule has 68 heavy (non-hydrogen) atoms. The summed E-state index contributed by atoms with van der Waals surface area (Å²) >= 11 is 0. The highest BCUT2D eigenvalue weighted by atomic mass is 15.0. The summed E-state index contributed by atoms with van der Waals surface area (Å²) in [7, 11) is 0. The molecule has 0 radical (unpaired) electrons. The van der Waals surface area contributed by atoms with Gasteiger partial charge in [-0.1, -0.05) is 188 Å². The maximum absolute atomic E-state index is 5.27. The van der Waals surface area contributed by atoms with E-state index in [4.69, 9.17) is 15.0 Å². The van der Waals surface area contributed by atoms with Gasteiger partial charge in [0.2, 0.25) is 0 Å². The molecule has 0 spiro atoms. The van der Waals surface area contributed by atoms with E-state index in [0.29, 0.717) is 17.5 Å². The van der Waals surface area contributed by atoms with E-state index in [0.717, 1.165) is 74.2 Å². The van der Waals surface area contributed by atoms with E-state index in [2.05, 4.69) is 209 Å². The molecule has 0 fully saturated rings. The molecule has 0 saturated carbocycles. The highest BCUT2D eigenvalue weighted by Gasteiger charge is 2.25. The number of allylic oxidation sites excluding steroid dienone is 4. The van der Waals surface area contributed by atoms with E-state index in [1.165, 1.54) is 43.7 Å². The van der Waals surface area contributed by atoms with Crippen LogP contribution in [-0.4, -0.2) is 24.1 Å². The minimum Gasteiger partial charge on any atom is -0.309 e. The van der Waals surface area contributed by atoms with Gasteiger partial charge in [-0.15, -0.1) is 0 Å². The summed E-state index contributed by atoms with van der Waals surface area (Å²) in [5.41, 5.74) is 16.4. The lowest BCUT2D eigenvalue weighted by molar-refractivity contribution is 1.04. The fraction of sp³-hybridized carbons (Fsp3) is 0.0317. The average Bonchev–Trinajstić information content (AvgIpc) is 3.93. The molecule has 0 amide bonds. The van der Waals surface area contributed by atoms with Crippen LogP contribution in [0.1, 0.15) is 18.4 Å². The first-order valence-corrected chi connectivity index (χ1v) is 23.3. The van der Waals surface area contributed by atoms with Crippen LogP contribution in [0.3, 0.4) is 0 Å². The first kappa shape index (κ1) is 39.4. The van der Waals surface area contributed by atoms with Crippen molar-refractivity contribution < 1.29 is 0 Å². The molecule has 1 aliphatic rings. The molecule has 0 aliphatic heterocycles. The molecule has 0 unspecified atom stereocenters. The Balaban J connectivity index is 1.13. The Kier molecular flexibility index (Phi) is 9.57. The number of fused-ring (bicyclic) bond motifs is 6. The third kappa shape index (κ3) is 6.75. The van der Waals surface area contributed by atoms with Gasteiger partial charge in [-0.3, -0.25) is 0 Å². The molecule has 3 heterocycles. The van der Waals surface area contributed by atoms with Crippen LogP contribution in [0.2, 0.25) is 0 Å². The van der Waals surface area contributed by atoms with Crippen molar-refractivity contribution in [3.05, 3.63) is 242 Å². The van der Waals surface area contributed by atoms with Crippen LogP contribution >= 0.6 is 0 Å². The predicted molar refractivity (Wildman–Crippen MR) is 282 cm³/mol. The standard InChI is InChI=1S/C63H43N5/c1-6-20-42(21-7-1)47-34-36-52-55-41-49(67-56-32-18-16-30-50(56)51-31-17-19-33-57(51)67)35-37-58(55)68(59(52)40-47)60-53(43-22-8-2-9-23-43)38-48(39-54(60)44-24-10-3-11-25-44)63-65-61(45-26-12-4-13-27-45)64-62(66-63)46-28-14-5-15-29-46/h1-2,4-10,12-41H,3,11H2. The highest BCUT2D eigenvalue weighted by Crippen LogP contribution is 2.45. The number of rotatable bonds is 8. The summed E-state index contributed by atoms with van der Waals surface area (Å²) in [5.74, 6) is 1.88. The first-order valence-electron chi connectivity index (χ1n) is 23.3. The summed E-state index contributed by atoms with van der Waals surface area (Å²) in [4.78, 5) is 15.6. The van der Waals surface area contributed by atoms with Crippen LogP contribution < -0.4 is 0 Å². The molecule has 0 atom stereocenters. The third-order valence-electron chi connectivity index (χ3n) is 13.4. The Hall–Kier alpha value is -8.93. The molecule has 9 aromatic carbocycles. The van der Waals surface area contributed by atoms with Crippen molar-refractivity contribution in [3.63, 3.8) is 0 Å². The van der Waals surface area contributed by atoms with Crippen LogP contribution in [-0.2, 0) is 0 Å². The molecule has 1 aliphatic carbocycles. The fourth-order valence-electron chi connectivity index (χ4n) is 10.2. The topological polar surface area (TPSA) is 48.5 Å². The molecule has 0 N–H and O–H groups in total. The van der Waals surface area contributed by atoms with Gasteiger partial charge < -0.3 is 9.13 Å². The number of hydrogen-bond donors (Lipinski definition) is 0. The lowest BCUT2D eigenvalue weighted by Gasteiger charge is -2.22. The number of nitrogens with zero attached hydrogens (tertiary/aromatic N) is 5. The normalized spacial score (nSPS) is 12.6. The van der Waals surface area contributed by atoms with E-state index >= 15 is 0 Å². The number of benzene rings is 9. The minimum atomic E-state index is 0.618. The molecule has 12 aromatic rings. The summed E-state index contributed by atoms with van der Waals surface area (Å²) < 4.78 is 4.94. The Morgan fingerprint density at radius 1 is 0.324 bits per heavy atom. The predicted octanol–water partition coefficient (Wildman–Crippen LogP) is 16.1. The van der Waals surface area contributed by atoms with Gasteiger partial charge in [-0.2, -0.15) is 0 Å². The van der Waals surface area contributed by atoms with Gasteiger partial charge in [0.25, 0.3) is 0 Å². The summed E-state index contributed by atoms with van der Waals surface area (Å²) in [6.07, 6.45) is 8.93. The third-order valence-corrected chi connectivity index (χ3v) is 13.4. The van der Waals surface area contributed by atoms with Gasteiger partial charge in [-0.25, -0.2) is 15.0 Å². The van der Waals surface area contributed by atoms with E-state index in [1.54, 1.807) is 0 Å². The van der Waals surface area contributed by atoms with Gasteiger partial charge in [0.15, 0.2) is 17.5 Å². The second kappa shape index (κ2) is 16.5. The van der Waals surface area contributed by atoms with Crippen molar-refractivity contribution in [2.75, 3.05) is 0 Å². The maximum atomic E-state index is 5.27. The number of para-hydroxylation sites is 2. The van der Waals surface area contributed by atoms with Crippen molar-refractivity contribution in [2.45, 2.75) is 12.8 Å². The Morgan fingerprint density at radius 2 is 0.838 bits per heavy atom.